The van der Waals surface area contributed by atoms with E-state index in [0.717, 1.165) is 23.0 Å². The number of benzene rings is 1. The van der Waals surface area contributed by atoms with E-state index in [2.05, 4.69) is 36.2 Å². The topological polar surface area (TPSA) is 59.9 Å². The first-order chi connectivity index (χ1) is 9.72. The largest absolute Gasteiger partial charge is 0.463 e. The molecule has 0 spiro atoms. The van der Waals surface area contributed by atoms with Gasteiger partial charge in [-0.1, -0.05) is 35.0 Å². The van der Waals surface area contributed by atoms with Gasteiger partial charge in [0.2, 0.25) is 5.95 Å². The van der Waals surface area contributed by atoms with Gasteiger partial charge in [0.15, 0.2) is 5.82 Å². The van der Waals surface area contributed by atoms with Gasteiger partial charge >= 0.3 is 6.01 Å². The van der Waals surface area contributed by atoms with Crippen LogP contribution < -0.4 is 10.1 Å². The van der Waals surface area contributed by atoms with Crippen LogP contribution in [0.3, 0.4) is 0 Å². The maximum absolute atomic E-state index is 5.52. The van der Waals surface area contributed by atoms with E-state index in [-0.39, 0.29) is 0 Å². The van der Waals surface area contributed by atoms with Crippen molar-refractivity contribution in [2.75, 3.05) is 18.5 Å². The Morgan fingerprint density at radius 2 is 1.85 bits per heavy atom. The van der Waals surface area contributed by atoms with Crippen LogP contribution in [-0.4, -0.2) is 28.1 Å². The molecule has 0 saturated heterocycles. The molecule has 1 aromatic heterocycles. The average Bonchev–Trinajstić information content (AvgIpc) is 2.46. The molecule has 0 atom stereocenters. The molecule has 0 unspecified atom stereocenters. The highest BCUT2D eigenvalue weighted by Crippen LogP contribution is 2.21. The molecule has 1 heterocycles. The van der Waals surface area contributed by atoms with Gasteiger partial charge in [-0.15, -0.1) is 0 Å². The van der Waals surface area contributed by atoms with E-state index in [1.165, 1.54) is 0 Å². The normalized spacial score (nSPS) is 10.3. The van der Waals surface area contributed by atoms with Crippen LogP contribution in [0.15, 0.2) is 28.7 Å². The fourth-order valence-electron chi connectivity index (χ4n) is 1.58. The molecule has 0 radical (unpaired) electrons. The van der Waals surface area contributed by atoms with Crippen LogP contribution in [0.4, 0.5) is 5.95 Å². The quantitative estimate of drug-likeness (QED) is 0.874. The lowest BCUT2D eigenvalue weighted by Crippen LogP contribution is -2.08. The number of halogens is 1. The van der Waals surface area contributed by atoms with Gasteiger partial charge < -0.3 is 10.1 Å². The molecule has 0 aliphatic rings. The van der Waals surface area contributed by atoms with Gasteiger partial charge in [0.1, 0.15) is 0 Å². The summed E-state index contributed by atoms with van der Waals surface area (Å²) >= 11 is 3.42. The summed E-state index contributed by atoms with van der Waals surface area (Å²) in [6.45, 7) is 5.38. The van der Waals surface area contributed by atoms with Crippen molar-refractivity contribution in [1.82, 2.24) is 15.0 Å². The number of hydrogen-bond donors (Lipinski definition) is 1. The highest BCUT2D eigenvalue weighted by molar-refractivity contribution is 9.10. The molecule has 2 aromatic rings. The fourth-order valence-corrected chi connectivity index (χ4v) is 1.84. The molecule has 0 aliphatic heterocycles. The summed E-state index contributed by atoms with van der Waals surface area (Å²) in [4.78, 5) is 13.0. The van der Waals surface area contributed by atoms with Crippen LogP contribution in [0.2, 0.25) is 0 Å². The molecule has 1 aromatic carbocycles. The number of rotatable bonds is 6. The van der Waals surface area contributed by atoms with E-state index in [4.69, 9.17) is 4.74 Å². The van der Waals surface area contributed by atoms with Crippen molar-refractivity contribution in [1.29, 1.82) is 0 Å². The highest BCUT2D eigenvalue weighted by Gasteiger charge is 2.09. The van der Waals surface area contributed by atoms with E-state index in [1.54, 1.807) is 0 Å². The summed E-state index contributed by atoms with van der Waals surface area (Å²) in [5.41, 5.74) is 0.927. The number of nitrogens with one attached hydrogen (secondary N) is 1. The van der Waals surface area contributed by atoms with Crippen LogP contribution in [0.1, 0.15) is 20.3 Å². The molecule has 1 N–H and O–H groups in total. The SMILES string of the molecule is CCCOc1nc(NCC)nc(-c2ccc(Br)cc2)n1. The second-order valence-corrected chi connectivity index (χ2v) is 5.07. The molecule has 20 heavy (non-hydrogen) atoms. The van der Waals surface area contributed by atoms with Gasteiger partial charge in [-0.25, -0.2) is 0 Å². The number of nitrogens with zero attached hydrogens (tertiary/aromatic N) is 3. The average molecular weight is 337 g/mol. The van der Waals surface area contributed by atoms with E-state index in [9.17, 15) is 0 Å². The van der Waals surface area contributed by atoms with Crippen molar-refractivity contribution in [3.8, 4) is 17.4 Å². The molecule has 0 aliphatic carbocycles. The van der Waals surface area contributed by atoms with Crippen LogP contribution in [-0.2, 0) is 0 Å². The van der Waals surface area contributed by atoms with Gasteiger partial charge in [0.05, 0.1) is 6.61 Å². The Kier molecular flexibility index (Phi) is 5.29. The number of hydrogen-bond acceptors (Lipinski definition) is 5. The Morgan fingerprint density at radius 3 is 2.50 bits per heavy atom. The zero-order valence-electron chi connectivity index (χ0n) is 11.6. The fraction of sp³-hybridized carbons (Fsp3) is 0.357. The standard InChI is InChI=1S/C14H17BrN4O/c1-3-9-20-14-18-12(17-13(19-14)16-4-2)10-5-7-11(15)8-6-10/h5-8H,3-4,9H2,1-2H3,(H,16,17,18,19). The zero-order chi connectivity index (χ0) is 14.4. The Morgan fingerprint density at radius 1 is 1.10 bits per heavy atom. The third-order valence-corrected chi connectivity index (χ3v) is 3.02. The number of anilines is 1. The summed E-state index contributed by atoms with van der Waals surface area (Å²) in [6.07, 6.45) is 0.913. The molecule has 6 heteroatoms. The Balaban J connectivity index is 2.34. The smallest absolute Gasteiger partial charge is 0.321 e. The second kappa shape index (κ2) is 7.19. The molecule has 0 bridgehead atoms. The van der Waals surface area contributed by atoms with Gasteiger partial charge in [-0.3, -0.25) is 0 Å². The Hall–Kier alpha value is -1.69. The van der Waals surface area contributed by atoms with Crippen molar-refractivity contribution in [3.05, 3.63) is 28.7 Å². The van der Waals surface area contributed by atoms with E-state index in [1.807, 2.05) is 38.1 Å². The first-order valence-electron chi connectivity index (χ1n) is 6.61. The number of aromatic nitrogens is 3. The lowest BCUT2D eigenvalue weighted by molar-refractivity contribution is 0.292. The van der Waals surface area contributed by atoms with E-state index >= 15 is 0 Å². The lowest BCUT2D eigenvalue weighted by Gasteiger charge is -2.08. The monoisotopic (exact) mass is 336 g/mol. The van der Waals surface area contributed by atoms with Crippen LogP contribution in [0.25, 0.3) is 11.4 Å². The highest BCUT2D eigenvalue weighted by atomic mass is 79.9. The van der Waals surface area contributed by atoms with Crippen LogP contribution >= 0.6 is 15.9 Å². The maximum Gasteiger partial charge on any atom is 0.321 e. The lowest BCUT2D eigenvalue weighted by atomic mass is 10.2. The molecule has 0 fully saturated rings. The van der Waals surface area contributed by atoms with Gasteiger partial charge in [-0.2, -0.15) is 15.0 Å². The van der Waals surface area contributed by atoms with Crippen molar-refractivity contribution >= 4 is 21.9 Å². The Bertz CT molecular complexity index is 560. The summed E-state index contributed by atoms with van der Waals surface area (Å²) in [5.74, 6) is 1.14. The predicted octanol–water partition coefficient (Wildman–Crippen LogP) is 3.52. The summed E-state index contributed by atoms with van der Waals surface area (Å²) in [5, 5.41) is 3.09. The summed E-state index contributed by atoms with van der Waals surface area (Å²) < 4.78 is 6.53. The zero-order valence-corrected chi connectivity index (χ0v) is 13.1. The minimum absolute atomic E-state index is 0.357. The van der Waals surface area contributed by atoms with Crippen molar-refractivity contribution in [2.24, 2.45) is 0 Å². The third kappa shape index (κ3) is 3.90. The van der Waals surface area contributed by atoms with Gasteiger partial charge in [-0.05, 0) is 25.5 Å². The van der Waals surface area contributed by atoms with Gasteiger partial charge in [0, 0.05) is 16.6 Å². The molecule has 106 valence electrons. The van der Waals surface area contributed by atoms with Crippen LogP contribution in [0, 0.1) is 0 Å². The summed E-state index contributed by atoms with van der Waals surface area (Å²) in [6, 6.07) is 8.19. The molecule has 0 amide bonds. The molecular weight excluding hydrogens is 320 g/mol. The minimum Gasteiger partial charge on any atom is -0.463 e. The third-order valence-electron chi connectivity index (χ3n) is 2.49. The molecule has 2 rings (SSSR count). The predicted molar refractivity (Wildman–Crippen MR) is 82.9 cm³/mol. The van der Waals surface area contributed by atoms with E-state index < -0.39 is 0 Å². The van der Waals surface area contributed by atoms with E-state index in [0.29, 0.717) is 24.4 Å². The molecule has 5 nitrogen and oxygen atoms in total. The van der Waals surface area contributed by atoms with Crippen molar-refractivity contribution < 1.29 is 4.74 Å². The number of ether oxygens (including phenoxy) is 1. The Labute approximate surface area is 127 Å². The first-order valence-corrected chi connectivity index (χ1v) is 7.41. The maximum atomic E-state index is 5.52. The van der Waals surface area contributed by atoms with Crippen LogP contribution in [0.5, 0.6) is 6.01 Å². The molecular formula is C14H17BrN4O. The minimum atomic E-state index is 0.357. The summed E-state index contributed by atoms with van der Waals surface area (Å²) in [7, 11) is 0. The first kappa shape index (κ1) is 14.7. The van der Waals surface area contributed by atoms with Crippen molar-refractivity contribution in [3.63, 3.8) is 0 Å². The van der Waals surface area contributed by atoms with Gasteiger partial charge in [0.25, 0.3) is 0 Å². The second-order valence-electron chi connectivity index (χ2n) is 4.15. The van der Waals surface area contributed by atoms with Crippen molar-refractivity contribution in [2.45, 2.75) is 20.3 Å². The molecule has 0 saturated carbocycles.